The molecule has 0 heterocycles. The first-order chi connectivity index (χ1) is 10.1. The number of halogens is 3. The Balaban J connectivity index is 1.84. The van der Waals surface area contributed by atoms with E-state index in [9.17, 15) is 9.18 Å². The first kappa shape index (κ1) is 15.8. The SMILES string of the molecule is O=C(CCc1c(Cl)cccc1Cl)NCc1ccc(F)cc1. The standard InChI is InChI=1S/C16H14Cl2FNO/c17-14-2-1-3-15(18)13(14)8-9-16(21)20-10-11-4-6-12(19)7-5-11/h1-7H,8-10H2,(H,20,21). The van der Waals surface area contributed by atoms with Crippen LogP contribution in [-0.2, 0) is 17.8 Å². The molecule has 2 nitrogen and oxygen atoms in total. The van der Waals surface area contributed by atoms with Crippen LogP contribution in [-0.4, -0.2) is 5.91 Å². The maximum absolute atomic E-state index is 12.8. The van der Waals surface area contributed by atoms with Crippen LogP contribution in [0, 0.1) is 5.82 Å². The molecule has 1 N–H and O–H groups in total. The summed E-state index contributed by atoms with van der Waals surface area (Å²) in [5.41, 5.74) is 1.62. The van der Waals surface area contributed by atoms with Gasteiger partial charge in [-0.1, -0.05) is 41.4 Å². The van der Waals surface area contributed by atoms with Gasteiger partial charge in [0, 0.05) is 23.0 Å². The van der Waals surface area contributed by atoms with E-state index in [0.717, 1.165) is 11.1 Å². The number of hydrogen-bond acceptors (Lipinski definition) is 1. The fourth-order valence-corrected chi connectivity index (χ4v) is 2.49. The third-order valence-electron chi connectivity index (χ3n) is 3.07. The van der Waals surface area contributed by atoms with Crippen LogP contribution in [0.4, 0.5) is 4.39 Å². The summed E-state index contributed by atoms with van der Waals surface area (Å²) in [4.78, 5) is 11.8. The van der Waals surface area contributed by atoms with Crippen LogP contribution in [0.1, 0.15) is 17.5 Å². The van der Waals surface area contributed by atoms with E-state index in [4.69, 9.17) is 23.2 Å². The van der Waals surface area contributed by atoms with Gasteiger partial charge in [-0.05, 0) is 41.8 Å². The Morgan fingerprint density at radius 1 is 1.05 bits per heavy atom. The average molecular weight is 326 g/mol. The molecule has 0 aliphatic rings. The third kappa shape index (κ3) is 4.73. The maximum atomic E-state index is 12.8. The molecule has 0 bridgehead atoms. The molecule has 2 aromatic carbocycles. The summed E-state index contributed by atoms with van der Waals surface area (Å²) in [5, 5.41) is 3.91. The zero-order valence-corrected chi connectivity index (χ0v) is 12.7. The molecule has 2 aromatic rings. The molecule has 0 aliphatic heterocycles. The Morgan fingerprint density at radius 2 is 1.67 bits per heavy atom. The predicted molar refractivity (Wildman–Crippen MR) is 83.0 cm³/mol. The van der Waals surface area contributed by atoms with Crippen molar-refractivity contribution in [3.63, 3.8) is 0 Å². The van der Waals surface area contributed by atoms with Crippen LogP contribution in [0.2, 0.25) is 10.0 Å². The number of nitrogens with one attached hydrogen (secondary N) is 1. The van der Waals surface area contributed by atoms with E-state index in [1.165, 1.54) is 12.1 Å². The van der Waals surface area contributed by atoms with Gasteiger partial charge in [0.15, 0.2) is 0 Å². The van der Waals surface area contributed by atoms with Gasteiger partial charge in [-0.25, -0.2) is 4.39 Å². The molecule has 5 heteroatoms. The lowest BCUT2D eigenvalue weighted by atomic mass is 10.1. The molecule has 0 aliphatic carbocycles. The minimum Gasteiger partial charge on any atom is -0.352 e. The maximum Gasteiger partial charge on any atom is 0.220 e. The van der Waals surface area contributed by atoms with Crippen LogP contribution < -0.4 is 5.32 Å². The predicted octanol–water partition coefficient (Wildman–Crippen LogP) is 4.38. The van der Waals surface area contributed by atoms with Crippen LogP contribution >= 0.6 is 23.2 Å². The molecule has 0 aromatic heterocycles. The third-order valence-corrected chi connectivity index (χ3v) is 3.77. The van der Waals surface area contributed by atoms with Gasteiger partial charge in [-0.2, -0.15) is 0 Å². The van der Waals surface area contributed by atoms with Crippen molar-refractivity contribution in [1.29, 1.82) is 0 Å². The van der Waals surface area contributed by atoms with E-state index in [-0.39, 0.29) is 11.7 Å². The number of carbonyl (C=O) groups is 1. The first-order valence-electron chi connectivity index (χ1n) is 6.50. The van der Waals surface area contributed by atoms with E-state index in [2.05, 4.69) is 5.32 Å². The summed E-state index contributed by atoms with van der Waals surface area (Å²) in [7, 11) is 0. The van der Waals surface area contributed by atoms with Crippen LogP contribution in [0.5, 0.6) is 0 Å². The van der Waals surface area contributed by atoms with Gasteiger partial charge in [0.05, 0.1) is 0 Å². The molecule has 0 spiro atoms. The quantitative estimate of drug-likeness (QED) is 0.868. The average Bonchev–Trinajstić information content (AvgIpc) is 2.46. The van der Waals surface area contributed by atoms with E-state index in [1.54, 1.807) is 30.3 Å². The van der Waals surface area contributed by atoms with Crippen molar-refractivity contribution in [2.45, 2.75) is 19.4 Å². The van der Waals surface area contributed by atoms with Crippen molar-refractivity contribution in [2.24, 2.45) is 0 Å². The highest BCUT2D eigenvalue weighted by Gasteiger charge is 2.08. The summed E-state index contributed by atoms with van der Waals surface area (Å²) in [6.07, 6.45) is 0.776. The van der Waals surface area contributed by atoms with Crippen molar-refractivity contribution in [1.82, 2.24) is 5.32 Å². The topological polar surface area (TPSA) is 29.1 Å². The molecule has 0 radical (unpaired) electrons. The lowest BCUT2D eigenvalue weighted by molar-refractivity contribution is -0.121. The monoisotopic (exact) mass is 325 g/mol. The Kier molecular flexibility index (Phi) is 5.59. The Morgan fingerprint density at radius 3 is 2.29 bits per heavy atom. The molecule has 1 amide bonds. The number of carbonyl (C=O) groups excluding carboxylic acids is 1. The van der Waals surface area contributed by atoms with E-state index in [0.29, 0.717) is 29.4 Å². The highest BCUT2D eigenvalue weighted by molar-refractivity contribution is 6.36. The second kappa shape index (κ2) is 7.43. The summed E-state index contributed by atoms with van der Waals surface area (Å²) >= 11 is 12.1. The summed E-state index contributed by atoms with van der Waals surface area (Å²) in [6, 6.07) is 11.3. The molecule has 0 unspecified atom stereocenters. The van der Waals surface area contributed by atoms with Gasteiger partial charge in [-0.3, -0.25) is 4.79 Å². The summed E-state index contributed by atoms with van der Waals surface area (Å²) < 4.78 is 12.8. The minimum atomic E-state index is -0.293. The molecule has 110 valence electrons. The fraction of sp³-hybridized carbons (Fsp3) is 0.188. The molecule has 2 rings (SSSR count). The fourth-order valence-electron chi connectivity index (χ4n) is 1.90. The molecule has 0 saturated heterocycles. The molecule has 0 saturated carbocycles. The van der Waals surface area contributed by atoms with Gasteiger partial charge >= 0.3 is 0 Å². The number of amides is 1. The second-order valence-corrected chi connectivity index (χ2v) is 5.42. The largest absolute Gasteiger partial charge is 0.352 e. The second-order valence-electron chi connectivity index (χ2n) is 4.60. The molecule has 0 fully saturated rings. The van der Waals surface area contributed by atoms with Crippen molar-refractivity contribution in [3.8, 4) is 0 Å². The van der Waals surface area contributed by atoms with Crippen LogP contribution in [0.25, 0.3) is 0 Å². The summed E-state index contributed by atoms with van der Waals surface area (Å²) in [5.74, 6) is -0.395. The Bertz CT molecular complexity index is 608. The first-order valence-corrected chi connectivity index (χ1v) is 7.26. The molecular formula is C16H14Cl2FNO. The Hall–Kier alpha value is -1.58. The molecule has 21 heavy (non-hydrogen) atoms. The zero-order chi connectivity index (χ0) is 15.2. The lowest BCUT2D eigenvalue weighted by Gasteiger charge is -2.08. The van der Waals surface area contributed by atoms with Gasteiger partial charge in [0.1, 0.15) is 5.82 Å². The summed E-state index contributed by atoms with van der Waals surface area (Å²) in [6.45, 7) is 0.370. The Labute approximate surface area is 132 Å². The van der Waals surface area contributed by atoms with Crippen molar-refractivity contribution >= 4 is 29.1 Å². The van der Waals surface area contributed by atoms with Crippen molar-refractivity contribution in [2.75, 3.05) is 0 Å². The highest BCUT2D eigenvalue weighted by atomic mass is 35.5. The van der Waals surface area contributed by atoms with Gasteiger partial charge in [0.2, 0.25) is 5.91 Å². The van der Waals surface area contributed by atoms with Gasteiger partial charge < -0.3 is 5.32 Å². The van der Waals surface area contributed by atoms with Crippen LogP contribution in [0.15, 0.2) is 42.5 Å². The van der Waals surface area contributed by atoms with E-state index >= 15 is 0 Å². The van der Waals surface area contributed by atoms with Gasteiger partial charge in [0.25, 0.3) is 0 Å². The normalized spacial score (nSPS) is 10.4. The van der Waals surface area contributed by atoms with Gasteiger partial charge in [-0.15, -0.1) is 0 Å². The molecular weight excluding hydrogens is 312 g/mol. The lowest BCUT2D eigenvalue weighted by Crippen LogP contribution is -2.23. The van der Waals surface area contributed by atoms with E-state index in [1.807, 2.05) is 0 Å². The number of hydrogen-bond donors (Lipinski definition) is 1. The molecule has 0 atom stereocenters. The smallest absolute Gasteiger partial charge is 0.220 e. The number of rotatable bonds is 5. The van der Waals surface area contributed by atoms with Crippen LogP contribution in [0.3, 0.4) is 0 Å². The number of benzene rings is 2. The van der Waals surface area contributed by atoms with Crippen molar-refractivity contribution in [3.05, 3.63) is 69.5 Å². The van der Waals surface area contributed by atoms with E-state index < -0.39 is 0 Å². The highest BCUT2D eigenvalue weighted by Crippen LogP contribution is 2.25. The minimum absolute atomic E-state index is 0.102. The van der Waals surface area contributed by atoms with Crippen molar-refractivity contribution < 1.29 is 9.18 Å². The zero-order valence-electron chi connectivity index (χ0n) is 11.2.